The average Bonchev–Trinajstić information content (AvgIpc) is 2.57. The zero-order valence-electron chi connectivity index (χ0n) is 9.86. The van der Waals surface area contributed by atoms with E-state index in [0.717, 1.165) is 23.2 Å². The summed E-state index contributed by atoms with van der Waals surface area (Å²) in [6.07, 6.45) is 0.817. The quantitative estimate of drug-likeness (QED) is 0.838. The van der Waals surface area contributed by atoms with E-state index in [1.54, 1.807) is 7.05 Å². The van der Waals surface area contributed by atoms with Crippen LogP contribution >= 0.6 is 0 Å². The molecule has 0 aliphatic carbocycles. The van der Waals surface area contributed by atoms with Crippen LogP contribution in [-0.4, -0.2) is 14.9 Å². The Kier molecular flexibility index (Phi) is 2.69. The van der Waals surface area contributed by atoms with Crippen molar-refractivity contribution < 1.29 is 5.11 Å². The average molecular weight is 216 g/mol. The van der Waals surface area contributed by atoms with E-state index < -0.39 is 0 Å². The molecule has 0 aliphatic heterocycles. The molecule has 2 aromatic rings. The largest absolute Gasteiger partial charge is 0.493 e. The Morgan fingerprint density at radius 3 is 2.44 bits per heavy atom. The maximum Gasteiger partial charge on any atom is 0.217 e. The number of hydrogen-bond acceptors (Lipinski definition) is 2. The van der Waals surface area contributed by atoms with Crippen molar-refractivity contribution in [1.29, 1.82) is 0 Å². The predicted molar refractivity (Wildman–Crippen MR) is 64.4 cm³/mol. The van der Waals surface area contributed by atoms with E-state index in [1.807, 2.05) is 38.1 Å². The maximum absolute atomic E-state index is 9.97. The number of nitrogens with zero attached hydrogens (tertiary/aromatic N) is 2. The Labute approximate surface area is 95.3 Å². The molecule has 0 amide bonds. The molecule has 0 unspecified atom stereocenters. The minimum Gasteiger partial charge on any atom is -0.493 e. The lowest BCUT2D eigenvalue weighted by Gasteiger charge is -2.02. The molecule has 1 aromatic heterocycles. The van der Waals surface area contributed by atoms with Crippen LogP contribution in [0.1, 0.15) is 18.2 Å². The summed E-state index contributed by atoms with van der Waals surface area (Å²) in [7, 11) is 1.76. The fraction of sp³-hybridized carbons (Fsp3) is 0.308. The molecule has 0 saturated heterocycles. The molecule has 0 bridgehead atoms. The van der Waals surface area contributed by atoms with Crippen molar-refractivity contribution in [3.8, 4) is 17.0 Å². The highest BCUT2D eigenvalue weighted by Crippen LogP contribution is 2.32. The lowest BCUT2D eigenvalue weighted by Crippen LogP contribution is -1.90. The third-order valence-electron chi connectivity index (χ3n) is 2.76. The lowest BCUT2D eigenvalue weighted by molar-refractivity contribution is 0.420. The Bertz CT molecular complexity index is 497. The molecule has 0 aliphatic rings. The number of rotatable bonds is 2. The summed E-state index contributed by atoms with van der Waals surface area (Å²) in [5, 5.41) is 14.3. The van der Waals surface area contributed by atoms with Gasteiger partial charge in [-0.25, -0.2) is 4.68 Å². The zero-order chi connectivity index (χ0) is 11.7. The van der Waals surface area contributed by atoms with Gasteiger partial charge in [0.1, 0.15) is 0 Å². The first-order valence-electron chi connectivity index (χ1n) is 5.45. The van der Waals surface area contributed by atoms with Crippen LogP contribution in [0, 0.1) is 6.92 Å². The molecule has 0 spiro atoms. The predicted octanol–water partition coefficient (Wildman–Crippen LogP) is 2.66. The summed E-state index contributed by atoms with van der Waals surface area (Å²) in [5.74, 6) is 0.237. The van der Waals surface area contributed by atoms with Crippen molar-refractivity contribution >= 4 is 0 Å². The molecule has 2 rings (SSSR count). The number of hydrogen-bond donors (Lipinski definition) is 1. The van der Waals surface area contributed by atoms with Crippen molar-refractivity contribution in [2.75, 3.05) is 0 Å². The standard InChI is InChI=1S/C13H16N2O/c1-4-11-12(13(16)15(3)14-11)10-7-5-9(2)6-8-10/h5-8,16H,4H2,1-3H3. The normalized spacial score (nSPS) is 10.7. The van der Waals surface area contributed by atoms with Gasteiger partial charge >= 0.3 is 0 Å². The third-order valence-corrected chi connectivity index (χ3v) is 2.76. The van der Waals surface area contributed by atoms with Crippen LogP contribution in [0.2, 0.25) is 0 Å². The number of aromatic hydroxyl groups is 1. The van der Waals surface area contributed by atoms with Gasteiger partial charge in [0.25, 0.3) is 0 Å². The molecule has 1 aromatic carbocycles. The van der Waals surface area contributed by atoms with Gasteiger partial charge in [0.2, 0.25) is 5.88 Å². The summed E-state index contributed by atoms with van der Waals surface area (Å²) in [6.45, 7) is 4.09. The van der Waals surface area contributed by atoms with Gasteiger partial charge in [-0.05, 0) is 18.9 Å². The van der Waals surface area contributed by atoms with Crippen LogP contribution in [-0.2, 0) is 13.5 Å². The fourth-order valence-corrected chi connectivity index (χ4v) is 1.83. The van der Waals surface area contributed by atoms with Gasteiger partial charge in [-0.1, -0.05) is 36.8 Å². The Morgan fingerprint density at radius 1 is 1.25 bits per heavy atom. The van der Waals surface area contributed by atoms with Gasteiger partial charge in [-0.2, -0.15) is 5.10 Å². The van der Waals surface area contributed by atoms with E-state index in [-0.39, 0.29) is 5.88 Å². The topological polar surface area (TPSA) is 38.0 Å². The molecular formula is C13H16N2O. The zero-order valence-corrected chi connectivity index (χ0v) is 9.86. The van der Waals surface area contributed by atoms with Crippen LogP contribution in [0.5, 0.6) is 5.88 Å². The molecule has 0 saturated carbocycles. The van der Waals surface area contributed by atoms with Crippen molar-refractivity contribution in [3.63, 3.8) is 0 Å². The first kappa shape index (κ1) is 10.7. The summed E-state index contributed by atoms with van der Waals surface area (Å²) in [4.78, 5) is 0. The van der Waals surface area contributed by atoms with E-state index in [1.165, 1.54) is 10.2 Å². The highest BCUT2D eigenvalue weighted by molar-refractivity contribution is 5.71. The van der Waals surface area contributed by atoms with E-state index in [0.29, 0.717) is 0 Å². The lowest BCUT2D eigenvalue weighted by atomic mass is 10.0. The van der Waals surface area contributed by atoms with Crippen LogP contribution < -0.4 is 0 Å². The SMILES string of the molecule is CCc1nn(C)c(O)c1-c1ccc(C)cc1. The van der Waals surface area contributed by atoms with Crippen LogP contribution in [0.4, 0.5) is 0 Å². The van der Waals surface area contributed by atoms with Crippen molar-refractivity contribution in [3.05, 3.63) is 35.5 Å². The fourth-order valence-electron chi connectivity index (χ4n) is 1.83. The molecule has 84 valence electrons. The van der Waals surface area contributed by atoms with E-state index >= 15 is 0 Å². The van der Waals surface area contributed by atoms with Gasteiger partial charge < -0.3 is 5.11 Å². The van der Waals surface area contributed by atoms with Crippen molar-refractivity contribution in [2.24, 2.45) is 7.05 Å². The number of aryl methyl sites for hydroxylation is 3. The Balaban J connectivity index is 2.58. The molecule has 1 N–H and O–H groups in total. The van der Waals surface area contributed by atoms with Crippen LogP contribution in [0.15, 0.2) is 24.3 Å². The summed E-state index contributed by atoms with van der Waals surface area (Å²) >= 11 is 0. The van der Waals surface area contributed by atoms with Gasteiger partial charge in [0, 0.05) is 7.05 Å². The van der Waals surface area contributed by atoms with Gasteiger partial charge in [0.05, 0.1) is 11.3 Å². The molecule has 3 nitrogen and oxygen atoms in total. The first-order chi connectivity index (χ1) is 7.63. The second kappa shape index (κ2) is 4.00. The highest BCUT2D eigenvalue weighted by Gasteiger charge is 2.15. The maximum atomic E-state index is 9.97. The van der Waals surface area contributed by atoms with Crippen molar-refractivity contribution in [2.45, 2.75) is 20.3 Å². The van der Waals surface area contributed by atoms with Gasteiger partial charge in [0.15, 0.2) is 0 Å². The van der Waals surface area contributed by atoms with E-state index in [2.05, 4.69) is 5.10 Å². The highest BCUT2D eigenvalue weighted by atomic mass is 16.3. The minimum absolute atomic E-state index is 0.237. The molecule has 0 radical (unpaired) electrons. The second-order valence-corrected chi connectivity index (χ2v) is 3.99. The third kappa shape index (κ3) is 1.69. The molecule has 16 heavy (non-hydrogen) atoms. The molecule has 3 heteroatoms. The molecule has 1 heterocycles. The molecule has 0 atom stereocenters. The first-order valence-corrected chi connectivity index (χ1v) is 5.45. The number of benzene rings is 1. The minimum atomic E-state index is 0.237. The van der Waals surface area contributed by atoms with E-state index in [4.69, 9.17) is 0 Å². The smallest absolute Gasteiger partial charge is 0.217 e. The van der Waals surface area contributed by atoms with Crippen LogP contribution in [0.25, 0.3) is 11.1 Å². The second-order valence-electron chi connectivity index (χ2n) is 3.99. The van der Waals surface area contributed by atoms with E-state index in [9.17, 15) is 5.11 Å². The van der Waals surface area contributed by atoms with Crippen molar-refractivity contribution in [1.82, 2.24) is 9.78 Å². The number of aromatic nitrogens is 2. The van der Waals surface area contributed by atoms with Crippen LogP contribution in [0.3, 0.4) is 0 Å². The summed E-state index contributed by atoms with van der Waals surface area (Å²) in [6, 6.07) is 8.12. The Hall–Kier alpha value is -1.77. The van der Waals surface area contributed by atoms with Gasteiger partial charge in [-0.15, -0.1) is 0 Å². The monoisotopic (exact) mass is 216 g/mol. The Morgan fingerprint density at radius 2 is 1.88 bits per heavy atom. The summed E-state index contributed by atoms with van der Waals surface area (Å²) < 4.78 is 1.52. The molecule has 0 fully saturated rings. The molecular weight excluding hydrogens is 200 g/mol. The summed E-state index contributed by atoms with van der Waals surface area (Å²) in [5.41, 5.74) is 4.02. The van der Waals surface area contributed by atoms with Gasteiger partial charge in [-0.3, -0.25) is 0 Å².